The maximum atomic E-state index is 12.6. The van der Waals surface area contributed by atoms with E-state index in [-0.39, 0.29) is 32.3 Å². The van der Waals surface area contributed by atoms with Gasteiger partial charge in [0.15, 0.2) is 0 Å². The zero-order chi connectivity index (χ0) is 20.5. The number of anilines is 1. The van der Waals surface area contributed by atoms with Gasteiger partial charge in [0.2, 0.25) is 0 Å². The van der Waals surface area contributed by atoms with Gasteiger partial charge in [-0.25, -0.2) is 4.79 Å². The van der Waals surface area contributed by atoms with Crippen molar-refractivity contribution in [2.24, 2.45) is 0 Å². The lowest BCUT2D eigenvalue weighted by atomic mass is 10.1. The summed E-state index contributed by atoms with van der Waals surface area (Å²) in [5.41, 5.74) is 0.555. The zero-order valence-corrected chi connectivity index (χ0v) is 16.1. The molecule has 3 amide bonds. The molecule has 1 N–H and O–H groups in total. The molecule has 29 heavy (non-hydrogen) atoms. The van der Waals surface area contributed by atoms with Crippen LogP contribution in [0.15, 0.2) is 60.0 Å². The van der Waals surface area contributed by atoms with Gasteiger partial charge < -0.3 is 10.2 Å². The number of carbonyl (C=O) groups excluding carboxylic acids is 4. The largest absolute Gasteiger partial charge is 0.366 e. The van der Waals surface area contributed by atoms with Crippen LogP contribution in [0.5, 0.6) is 0 Å². The van der Waals surface area contributed by atoms with Crippen molar-refractivity contribution >= 4 is 51.6 Å². The SMILES string of the molecule is O=C(Nc1sccc1C(=O)ON1C(=O)c2ccccc2C1=O)c1ccccc1Cl. The highest BCUT2D eigenvalue weighted by molar-refractivity contribution is 7.14. The lowest BCUT2D eigenvalue weighted by Gasteiger charge is -2.13. The van der Waals surface area contributed by atoms with Crippen LogP contribution in [0.3, 0.4) is 0 Å². The van der Waals surface area contributed by atoms with Crippen molar-refractivity contribution in [3.63, 3.8) is 0 Å². The minimum absolute atomic E-state index is 0.00644. The minimum Gasteiger partial charge on any atom is -0.324 e. The van der Waals surface area contributed by atoms with E-state index in [2.05, 4.69) is 5.32 Å². The highest BCUT2D eigenvalue weighted by Gasteiger charge is 2.39. The smallest absolute Gasteiger partial charge is 0.324 e. The number of halogens is 1. The quantitative estimate of drug-likeness (QED) is 0.636. The molecule has 0 saturated heterocycles. The summed E-state index contributed by atoms with van der Waals surface area (Å²) in [4.78, 5) is 54.7. The summed E-state index contributed by atoms with van der Waals surface area (Å²) in [7, 11) is 0. The molecule has 0 atom stereocenters. The van der Waals surface area contributed by atoms with Crippen molar-refractivity contribution in [2.45, 2.75) is 0 Å². The molecule has 0 bridgehead atoms. The number of thiophene rings is 1. The third kappa shape index (κ3) is 3.39. The molecule has 1 aliphatic heterocycles. The number of nitrogens with zero attached hydrogens (tertiary/aromatic N) is 1. The van der Waals surface area contributed by atoms with E-state index < -0.39 is 23.7 Å². The predicted molar refractivity (Wildman–Crippen MR) is 106 cm³/mol. The fourth-order valence-electron chi connectivity index (χ4n) is 2.76. The third-order valence-electron chi connectivity index (χ3n) is 4.16. The van der Waals surface area contributed by atoms with Gasteiger partial charge in [-0.05, 0) is 35.7 Å². The molecule has 144 valence electrons. The number of hydrogen-bond acceptors (Lipinski definition) is 6. The van der Waals surface area contributed by atoms with Crippen molar-refractivity contribution in [1.29, 1.82) is 0 Å². The number of amides is 3. The van der Waals surface area contributed by atoms with Crippen LogP contribution in [-0.4, -0.2) is 28.8 Å². The van der Waals surface area contributed by atoms with E-state index >= 15 is 0 Å². The van der Waals surface area contributed by atoms with E-state index in [1.54, 1.807) is 41.8 Å². The molecule has 0 spiro atoms. The molecule has 4 rings (SSSR count). The van der Waals surface area contributed by atoms with E-state index in [4.69, 9.17) is 16.4 Å². The molecule has 2 aromatic carbocycles. The topological polar surface area (TPSA) is 92.8 Å². The number of nitrogens with one attached hydrogen (secondary N) is 1. The first-order valence-corrected chi connectivity index (χ1v) is 9.56. The number of rotatable bonds is 4. The summed E-state index contributed by atoms with van der Waals surface area (Å²) in [6, 6.07) is 14.1. The van der Waals surface area contributed by atoms with E-state index in [9.17, 15) is 19.2 Å². The van der Waals surface area contributed by atoms with Gasteiger partial charge in [-0.2, -0.15) is 0 Å². The highest BCUT2D eigenvalue weighted by Crippen LogP contribution is 2.28. The molecular weight excluding hydrogens is 416 g/mol. The van der Waals surface area contributed by atoms with Gasteiger partial charge in [0, 0.05) is 0 Å². The first kappa shape index (κ1) is 18.9. The monoisotopic (exact) mass is 426 g/mol. The third-order valence-corrected chi connectivity index (χ3v) is 5.32. The van der Waals surface area contributed by atoms with Crippen molar-refractivity contribution in [3.05, 3.63) is 87.3 Å². The Hall–Kier alpha value is -3.49. The minimum atomic E-state index is -0.949. The average Bonchev–Trinajstić information content (AvgIpc) is 3.27. The maximum Gasteiger partial charge on any atom is 0.366 e. The number of imide groups is 1. The number of fused-ring (bicyclic) bond motifs is 1. The summed E-state index contributed by atoms with van der Waals surface area (Å²) in [6.07, 6.45) is 0. The van der Waals surface area contributed by atoms with Crippen LogP contribution in [-0.2, 0) is 4.84 Å². The number of benzene rings is 2. The van der Waals surface area contributed by atoms with Gasteiger partial charge in [0.05, 0.1) is 27.3 Å². The van der Waals surface area contributed by atoms with Crippen LogP contribution in [0, 0.1) is 0 Å². The Labute approximate surface area is 173 Å². The molecule has 1 aliphatic rings. The van der Waals surface area contributed by atoms with Crippen LogP contribution >= 0.6 is 22.9 Å². The Balaban J connectivity index is 1.52. The van der Waals surface area contributed by atoms with Crippen LogP contribution in [0.4, 0.5) is 5.00 Å². The van der Waals surface area contributed by atoms with Crippen molar-refractivity contribution in [2.75, 3.05) is 5.32 Å². The molecule has 2 heterocycles. The van der Waals surface area contributed by atoms with Crippen molar-refractivity contribution < 1.29 is 24.0 Å². The summed E-state index contributed by atoms with van der Waals surface area (Å²) in [6.45, 7) is 0. The van der Waals surface area contributed by atoms with E-state index in [1.165, 1.54) is 18.2 Å². The highest BCUT2D eigenvalue weighted by atomic mass is 35.5. The molecule has 0 fully saturated rings. The van der Waals surface area contributed by atoms with Gasteiger partial charge in [0.25, 0.3) is 17.7 Å². The second-order valence-corrected chi connectivity index (χ2v) is 7.25. The van der Waals surface area contributed by atoms with E-state index in [0.29, 0.717) is 5.06 Å². The van der Waals surface area contributed by atoms with Crippen molar-refractivity contribution in [3.8, 4) is 0 Å². The first-order chi connectivity index (χ1) is 14.0. The Bertz CT molecular complexity index is 1140. The average molecular weight is 427 g/mol. The molecule has 9 heteroatoms. The molecule has 3 aromatic rings. The molecule has 0 saturated carbocycles. The van der Waals surface area contributed by atoms with E-state index in [1.807, 2.05) is 0 Å². The second-order valence-electron chi connectivity index (χ2n) is 5.93. The second kappa shape index (κ2) is 7.50. The predicted octanol–water partition coefficient (Wildman–Crippen LogP) is 4.02. The van der Waals surface area contributed by atoms with Crippen molar-refractivity contribution in [1.82, 2.24) is 5.06 Å². The first-order valence-electron chi connectivity index (χ1n) is 8.31. The molecule has 0 unspecified atom stereocenters. The lowest BCUT2D eigenvalue weighted by molar-refractivity contribution is -0.0583. The fourth-order valence-corrected chi connectivity index (χ4v) is 3.76. The van der Waals surface area contributed by atoms with Crippen LogP contribution < -0.4 is 5.32 Å². The zero-order valence-electron chi connectivity index (χ0n) is 14.5. The van der Waals surface area contributed by atoms with Gasteiger partial charge >= 0.3 is 5.97 Å². The summed E-state index contributed by atoms with van der Waals surface area (Å²) >= 11 is 7.11. The molecular formula is C20H11ClN2O5S. The lowest BCUT2D eigenvalue weighted by Crippen LogP contribution is -2.32. The van der Waals surface area contributed by atoms with Gasteiger partial charge in [0.1, 0.15) is 5.00 Å². The van der Waals surface area contributed by atoms with E-state index in [0.717, 1.165) is 11.3 Å². The normalized spacial score (nSPS) is 12.7. The van der Waals surface area contributed by atoms with Crippen LogP contribution in [0.25, 0.3) is 0 Å². The maximum absolute atomic E-state index is 12.6. The van der Waals surface area contributed by atoms with Crippen LogP contribution in [0.1, 0.15) is 41.4 Å². The summed E-state index contributed by atoms with van der Waals surface area (Å²) in [5.74, 6) is -2.91. The van der Waals surface area contributed by atoms with Gasteiger partial charge in [-0.15, -0.1) is 11.3 Å². The molecule has 7 nitrogen and oxygen atoms in total. The van der Waals surface area contributed by atoms with Gasteiger partial charge in [-0.1, -0.05) is 40.9 Å². The molecule has 0 radical (unpaired) electrons. The Morgan fingerprint density at radius 2 is 1.52 bits per heavy atom. The molecule has 1 aromatic heterocycles. The Morgan fingerprint density at radius 3 is 2.17 bits per heavy atom. The fraction of sp³-hybridized carbons (Fsp3) is 0. The number of hydroxylamine groups is 2. The Kier molecular flexibility index (Phi) is 4.87. The summed E-state index contributed by atoms with van der Waals surface area (Å²) in [5, 5.41) is 5.06. The number of hydrogen-bond donors (Lipinski definition) is 1. The molecule has 0 aliphatic carbocycles. The standard InChI is InChI=1S/C20H11ClN2O5S/c21-15-8-4-3-7-13(15)16(24)22-17-14(9-10-29-17)20(27)28-23-18(25)11-5-1-2-6-12(11)19(23)26/h1-10H,(H,22,24). The Morgan fingerprint density at radius 1 is 0.897 bits per heavy atom. The van der Waals surface area contributed by atoms with Crippen LogP contribution in [0.2, 0.25) is 5.02 Å². The number of carbonyl (C=O) groups is 4. The van der Waals surface area contributed by atoms with Gasteiger partial charge in [-0.3, -0.25) is 14.4 Å². The summed E-state index contributed by atoms with van der Waals surface area (Å²) < 4.78 is 0.